The second-order valence-corrected chi connectivity index (χ2v) is 10.1. The fourth-order valence-electron chi connectivity index (χ4n) is 4.42. The molecule has 0 radical (unpaired) electrons. The van der Waals surface area contributed by atoms with Gasteiger partial charge in [-0.1, -0.05) is 29.4 Å². The van der Waals surface area contributed by atoms with Crippen molar-refractivity contribution >= 4 is 10.0 Å². The predicted octanol–water partition coefficient (Wildman–Crippen LogP) is 3.52. The van der Waals surface area contributed by atoms with Gasteiger partial charge in [-0.3, -0.25) is 4.68 Å². The molecular formula is C22H29N5O3S. The molecule has 0 amide bonds. The van der Waals surface area contributed by atoms with Gasteiger partial charge in [-0.2, -0.15) is 14.4 Å². The second kappa shape index (κ2) is 8.55. The van der Waals surface area contributed by atoms with E-state index < -0.39 is 10.0 Å². The molecule has 1 fully saturated rings. The Bertz CT molecular complexity index is 1180. The topological polar surface area (TPSA) is 94.1 Å². The van der Waals surface area contributed by atoms with Gasteiger partial charge in [0, 0.05) is 31.6 Å². The fourth-order valence-corrected chi connectivity index (χ4v) is 6.35. The Labute approximate surface area is 183 Å². The van der Waals surface area contributed by atoms with Crippen LogP contribution in [0.1, 0.15) is 42.6 Å². The van der Waals surface area contributed by atoms with Gasteiger partial charge in [-0.05, 0) is 52.0 Å². The molecule has 0 bridgehead atoms. The molecule has 0 spiro atoms. The molecule has 2 aromatic heterocycles. The van der Waals surface area contributed by atoms with Crippen molar-refractivity contribution in [1.82, 2.24) is 24.2 Å². The highest BCUT2D eigenvalue weighted by Crippen LogP contribution is 2.29. The summed E-state index contributed by atoms with van der Waals surface area (Å²) in [6.45, 7) is 9.17. The number of rotatable bonds is 6. The molecule has 1 aliphatic rings. The molecule has 8 nitrogen and oxygen atoms in total. The van der Waals surface area contributed by atoms with Crippen LogP contribution in [0, 0.1) is 26.7 Å². The zero-order valence-corrected chi connectivity index (χ0v) is 19.3. The zero-order chi connectivity index (χ0) is 22.2. The van der Waals surface area contributed by atoms with Crippen molar-refractivity contribution in [3.05, 3.63) is 47.1 Å². The van der Waals surface area contributed by atoms with Gasteiger partial charge in [0.1, 0.15) is 4.90 Å². The standard InChI is InChI=1S/C22H29N5O3S/c1-5-27-17(4)21(16(3)24-27)31(28,29)26-12-8-10-18(14-26)13-20-23-22(25-30-20)19-11-7-6-9-15(19)2/h6-7,9,11,18H,5,8,10,12-14H2,1-4H3/t18-/m1/s1. The normalized spacial score (nSPS) is 17.9. The van der Waals surface area contributed by atoms with E-state index in [2.05, 4.69) is 15.2 Å². The predicted molar refractivity (Wildman–Crippen MR) is 117 cm³/mol. The molecule has 3 heterocycles. The summed E-state index contributed by atoms with van der Waals surface area (Å²) < 4.78 is 35.6. The number of hydrogen-bond acceptors (Lipinski definition) is 6. The Hall–Kier alpha value is -2.52. The van der Waals surface area contributed by atoms with E-state index in [1.807, 2.05) is 45.0 Å². The van der Waals surface area contributed by atoms with Crippen molar-refractivity contribution in [2.24, 2.45) is 5.92 Å². The lowest BCUT2D eigenvalue weighted by Gasteiger charge is -2.31. The number of sulfonamides is 1. The van der Waals surface area contributed by atoms with Gasteiger partial charge in [-0.15, -0.1) is 0 Å². The van der Waals surface area contributed by atoms with Crippen LogP contribution in [0.4, 0.5) is 0 Å². The number of aromatic nitrogens is 4. The largest absolute Gasteiger partial charge is 0.339 e. The van der Waals surface area contributed by atoms with Gasteiger partial charge < -0.3 is 4.52 Å². The van der Waals surface area contributed by atoms with Crippen LogP contribution in [0.2, 0.25) is 0 Å². The summed E-state index contributed by atoms with van der Waals surface area (Å²) in [4.78, 5) is 4.91. The average molecular weight is 444 g/mol. The van der Waals surface area contributed by atoms with Crippen LogP contribution in [-0.2, 0) is 23.0 Å². The monoisotopic (exact) mass is 443 g/mol. The van der Waals surface area contributed by atoms with Crippen LogP contribution in [0.25, 0.3) is 11.4 Å². The van der Waals surface area contributed by atoms with E-state index in [4.69, 9.17) is 4.52 Å². The quantitative estimate of drug-likeness (QED) is 0.579. The molecule has 1 saturated heterocycles. The Balaban J connectivity index is 1.51. The first-order valence-electron chi connectivity index (χ1n) is 10.7. The minimum Gasteiger partial charge on any atom is -0.339 e. The van der Waals surface area contributed by atoms with E-state index >= 15 is 0 Å². The van der Waals surface area contributed by atoms with Crippen molar-refractivity contribution in [3.63, 3.8) is 0 Å². The van der Waals surface area contributed by atoms with Crippen LogP contribution in [0.5, 0.6) is 0 Å². The molecule has 3 aromatic rings. The summed E-state index contributed by atoms with van der Waals surface area (Å²) in [5.41, 5.74) is 3.29. The molecule has 31 heavy (non-hydrogen) atoms. The van der Waals surface area contributed by atoms with E-state index in [1.54, 1.807) is 15.9 Å². The van der Waals surface area contributed by atoms with Gasteiger partial charge in [0.25, 0.3) is 0 Å². The van der Waals surface area contributed by atoms with Crippen LogP contribution in [-0.4, -0.2) is 45.7 Å². The van der Waals surface area contributed by atoms with E-state index in [-0.39, 0.29) is 5.92 Å². The van der Waals surface area contributed by atoms with E-state index in [9.17, 15) is 8.42 Å². The van der Waals surface area contributed by atoms with Crippen molar-refractivity contribution < 1.29 is 12.9 Å². The Morgan fingerprint density at radius 2 is 1.97 bits per heavy atom. The molecule has 1 aromatic carbocycles. The van der Waals surface area contributed by atoms with Gasteiger partial charge in [0.15, 0.2) is 0 Å². The van der Waals surface area contributed by atoms with Crippen LogP contribution < -0.4 is 0 Å². The lowest BCUT2D eigenvalue weighted by atomic mass is 9.96. The van der Waals surface area contributed by atoms with E-state index in [0.29, 0.717) is 54.1 Å². The maximum Gasteiger partial charge on any atom is 0.246 e. The molecular weight excluding hydrogens is 414 g/mol. The third-order valence-electron chi connectivity index (χ3n) is 6.01. The van der Waals surface area contributed by atoms with Gasteiger partial charge >= 0.3 is 0 Å². The lowest BCUT2D eigenvalue weighted by molar-refractivity contribution is 0.247. The summed E-state index contributed by atoms with van der Waals surface area (Å²) >= 11 is 0. The minimum atomic E-state index is -3.60. The first-order chi connectivity index (χ1) is 14.8. The minimum absolute atomic E-state index is 0.135. The number of hydrogen-bond donors (Lipinski definition) is 0. The molecule has 1 aliphatic heterocycles. The molecule has 0 N–H and O–H groups in total. The van der Waals surface area contributed by atoms with Crippen molar-refractivity contribution in [2.75, 3.05) is 13.1 Å². The Kier molecular flexibility index (Phi) is 5.98. The van der Waals surface area contributed by atoms with Crippen LogP contribution in [0.3, 0.4) is 0 Å². The second-order valence-electron chi connectivity index (χ2n) is 8.22. The molecule has 0 saturated carbocycles. The van der Waals surface area contributed by atoms with E-state index in [0.717, 1.165) is 24.0 Å². The third kappa shape index (κ3) is 4.16. The number of piperidine rings is 1. The summed E-state index contributed by atoms with van der Waals surface area (Å²) in [5, 5.41) is 8.53. The first kappa shape index (κ1) is 21.7. The summed E-state index contributed by atoms with van der Waals surface area (Å²) in [7, 11) is -3.60. The smallest absolute Gasteiger partial charge is 0.246 e. The lowest BCUT2D eigenvalue weighted by Crippen LogP contribution is -2.40. The number of nitrogens with zero attached hydrogens (tertiary/aromatic N) is 5. The molecule has 0 aliphatic carbocycles. The van der Waals surface area contributed by atoms with Crippen molar-refractivity contribution in [2.45, 2.75) is 58.4 Å². The first-order valence-corrected chi connectivity index (χ1v) is 12.2. The van der Waals surface area contributed by atoms with E-state index in [1.165, 1.54) is 0 Å². The zero-order valence-electron chi connectivity index (χ0n) is 18.5. The molecule has 1 atom stereocenters. The molecule has 166 valence electrons. The summed E-state index contributed by atoms with van der Waals surface area (Å²) in [5.74, 6) is 1.26. The third-order valence-corrected chi connectivity index (χ3v) is 8.13. The fraction of sp³-hybridized carbons (Fsp3) is 0.500. The number of aryl methyl sites for hydroxylation is 3. The van der Waals surface area contributed by atoms with Gasteiger partial charge in [-0.25, -0.2) is 8.42 Å². The maximum absolute atomic E-state index is 13.4. The van der Waals surface area contributed by atoms with Crippen LogP contribution >= 0.6 is 0 Å². The van der Waals surface area contributed by atoms with Crippen LogP contribution in [0.15, 0.2) is 33.7 Å². The average Bonchev–Trinajstić information content (AvgIpc) is 3.32. The maximum atomic E-state index is 13.4. The summed E-state index contributed by atoms with van der Waals surface area (Å²) in [6.07, 6.45) is 2.31. The highest BCUT2D eigenvalue weighted by molar-refractivity contribution is 7.89. The molecule has 4 rings (SSSR count). The molecule has 9 heteroatoms. The Morgan fingerprint density at radius 1 is 1.19 bits per heavy atom. The van der Waals surface area contributed by atoms with Gasteiger partial charge in [0.05, 0.1) is 11.4 Å². The Morgan fingerprint density at radius 3 is 2.68 bits per heavy atom. The van der Waals surface area contributed by atoms with Crippen molar-refractivity contribution in [3.8, 4) is 11.4 Å². The SMILES string of the molecule is CCn1nc(C)c(S(=O)(=O)N2CCC[C@H](Cc3nc(-c4ccccc4C)no3)C2)c1C. The highest BCUT2D eigenvalue weighted by Gasteiger charge is 2.34. The highest BCUT2D eigenvalue weighted by atomic mass is 32.2. The number of benzene rings is 1. The van der Waals surface area contributed by atoms with Gasteiger partial charge in [0.2, 0.25) is 21.7 Å². The molecule has 0 unspecified atom stereocenters. The van der Waals surface area contributed by atoms with Crippen molar-refractivity contribution in [1.29, 1.82) is 0 Å². The summed E-state index contributed by atoms with van der Waals surface area (Å²) in [6, 6.07) is 7.91.